The number of para-hydroxylation sites is 1. The first-order valence-electron chi connectivity index (χ1n) is 8.44. The van der Waals surface area contributed by atoms with Gasteiger partial charge in [-0.1, -0.05) is 24.3 Å². The molecule has 2 aromatic carbocycles. The summed E-state index contributed by atoms with van der Waals surface area (Å²) < 4.78 is 5.75. The fraction of sp³-hybridized carbons (Fsp3) is 0.381. The zero-order valence-corrected chi connectivity index (χ0v) is 15.4. The minimum absolute atomic E-state index is 0.0263. The molecule has 1 amide bonds. The number of amides is 1. The molecule has 3 nitrogen and oxygen atoms in total. The number of hydrogen-bond acceptors (Lipinski definition) is 2. The third-order valence-electron chi connectivity index (χ3n) is 4.19. The van der Waals surface area contributed by atoms with Crippen molar-refractivity contribution in [2.45, 2.75) is 53.7 Å². The minimum Gasteiger partial charge on any atom is -0.490 e. The number of carbonyl (C=O) groups excluding carboxylic acids is 1. The standard InChI is InChI=1S/C21H27NO2/c1-13(2)24-20-10-8-7-9-18(20)21(23)22-17(6)19-12-15(4)14(3)11-16(19)5/h7-13,17H,1-6H3,(H,22,23). The molecule has 0 radical (unpaired) electrons. The van der Waals surface area contributed by atoms with E-state index in [9.17, 15) is 4.79 Å². The van der Waals surface area contributed by atoms with Crippen LogP contribution in [0.3, 0.4) is 0 Å². The van der Waals surface area contributed by atoms with Crippen molar-refractivity contribution in [1.29, 1.82) is 0 Å². The SMILES string of the molecule is Cc1cc(C)c(C(C)NC(=O)c2ccccc2OC(C)C)cc1C. The summed E-state index contributed by atoms with van der Waals surface area (Å²) >= 11 is 0. The van der Waals surface area contributed by atoms with E-state index < -0.39 is 0 Å². The van der Waals surface area contributed by atoms with Crippen molar-refractivity contribution in [2.24, 2.45) is 0 Å². The molecule has 2 rings (SSSR count). The number of ether oxygens (including phenoxy) is 1. The molecule has 0 aliphatic carbocycles. The van der Waals surface area contributed by atoms with Crippen molar-refractivity contribution in [3.05, 3.63) is 64.2 Å². The fourth-order valence-corrected chi connectivity index (χ4v) is 2.81. The Balaban J connectivity index is 2.22. The molecular weight excluding hydrogens is 298 g/mol. The second-order valence-electron chi connectivity index (χ2n) is 6.65. The first-order valence-corrected chi connectivity index (χ1v) is 8.44. The number of nitrogens with one attached hydrogen (secondary N) is 1. The third kappa shape index (κ3) is 4.16. The summed E-state index contributed by atoms with van der Waals surface area (Å²) in [5.41, 5.74) is 5.41. The van der Waals surface area contributed by atoms with E-state index in [-0.39, 0.29) is 18.1 Å². The Morgan fingerprint density at radius 2 is 1.58 bits per heavy atom. The Bertz CT molecular complexity index is 735. The maximum Gasteiger partial charge on any atom is 0.255 e. The normalized spacial score (nSPS) is 12.1. The summed E-state index contributed by atoms with van der Waals surface area (Å²) in [5, 5.41) is 3.09. The van der Waals surface area contributed by atoms with E-state index in [1.165, 1.54) is 16.7 Å². The van der Waals surface area contributed by atoms with Crippen LogP contribution in [0.4, 0.5) is 0 Å². The Hall–Kier alpha value is -2.29. The van der Waals surface area contributed by atoms with E-state index in [1.54, 1.807) is 6.07 Å². The van der Waals surface area contributed by atoms with Crippen LogP contribution in [-0.4, -0.2) is 12.0 Å². The summed E-state index contributed by atoms with van der Waals surface area (Å²) in [6.45, 7) is 12.2. The van der Waals surface area contributed by atoms with Crippen LogP contribution in [-0.2, 0) is 0 Å². The molecule has 2 aromatic rings. The van der Waals surface area contributed by atoms with Crippen LogP contribution in [0.5, 0.6) is 5.75 Å². The lowest BCUT2D eigenvalue weighted by Crippen LogP contribution is -2.28. The van der Waals surface area contributed by atoms with Gasteiger partial charge in [0.1, 0.15) is 5.75 Å². The Morgan fingerprint density at radius 1 is 0.958 bits per heavy atom. The molecule has 0 aliphatic heterocycles. The zero-order valence-electron chi connectivity index (χ0n) is 15.4. The molecular formula is C21H27NO2. The molecule has 0 spiro atoms. The Kier molecular flexibility index (Phi) is 5.66. The summed E-state index contributed by atoms with van der Waals surface area (Å²) in [6.07, 6.45) is 0.0263. The summed E-state index contributed by atoms with van der Waals surface area (Å²) in [4.78, 5) is 12.7. The molecule has 1 unspecified atom stereocenters. The highest BCUT2D eigenvalue weighted by molar-refractivity contribution is 5.97. The highest BCUT2D eigenvalue weighted by Crippen LogP contribution is 2.24. The number of aryl methyl sites for hydroxylation is 3. The van der Waals surface area contributed by atoms with Gasteiger partial charge in [0, 0.05) is 0 Å². The van der Waals surface area contributed by atoms with E-state index in [0.29, 0.717) is 11.3 Å². The molecule has 0 saturated heterocycles. The van der Waals surface area contributed by atoms with Crippen molar-refractivity contribution < 1.29 is 9.53 Å². The van der Waals surface area contributed by atoms with Crippen LogP contribution in [0.25, 0.3) is 0 Å². The van der Waals surface area contributed by atoms with Gasteiger partial charge in [0.2, 0.25) is 0 Å². The highest BCUT2D eigenvalue weighted by atomic mass is 16.5. The summed E-state index contributed by atoms with van der Waals surface area (Å²) in [6, 6.07) is 11.6. The average Bonchev–Trinajstić information content (AvgIpc) is 2.50. The van der Waals surface area contributed by atoms with E-state index >= 15 is 0 Å². The largest absolute Gasteiger partial charge is 0.490 e. The quantitative estimate of drug-likeness (QED) is 0.850. The third-order valence-corrected chi connectivity index (χ3v) is 4.19. The first-order chi connectivity index (χ1) is 11.3. The smallest absolute Gasteiger partial charge is 0.255 e. The summed E-state index contributed by atoms with van der Waals surface area (Å²) in [7, 11) is 0. The van der Waals surface area contributed by atoms with Gasteiger partial charge < -0.3 is 10.1 Å². The highest BCUT2D eigenvalue weighted by Gasteiger charge is 2.17. The van der Waals surface area contributed by atoms with Gasteiger partial charge in [-0.2, -0.15) is 0 Å². The predicted octanol–water partition coefficient (Wildman–Crippen LogP) is 4.89. The van der Waals surface area contributed by atoms with Crippen LogP contribution < -0.4 is 10.1 Å². The van der Waals surface area contributed by atoms with Gasteiger partial charge in [-0.05, 0) is 75.9 Å². The zero-order chi connectivity index (χ0) is 17.9. The Labute approximate surface area is 145 Å². The molecule has 0 bridgehead atoms. The van der Waals surface area contributed by atoms with Gasteiger partial charge in [-0.3, -0.25) is 4.79 Å². The minimum atomic E-state index is -0.114. The Morgan fingerprint density at radius 3 is 2.25 bits per heavy atom. The molecule has 0 aliphatic rings. The molecule has 0 saturated carbocycles. The van der Waals surface area contributed by atoms with Gasteiger partial charge in [0.05, 0.1) is 17.7 Å². The lowest BCUT2D eigenvalue weighted by molar-refractivity contribution is 0.0934. The lowest BCUT2D eigenvalue weighted by atomic mass is 9.96. The average molecular weight is 325 g/mol. The molecule has 128 valence electrons. The van der Waals surface area contributed by atoms with Gasteiger partial charge in [-0.25, -0.2) is 0 Å². The first kappa shape index (κ1) is 18.1. The van der Waals surface area contributed by atoms with Crippen LogP contribution in [0.15, 0.2) is 36.4 Å². The lowest BCUT2D eigenvalue weighted by Gasteiger charge is -2.20. The monoisotopic (exact) mass is 325 g/mol. The number of hydrogen-bond donors (Lipinski definition) is 1. The molecule has 0 aromatic heterocycles. The molecule has 1 atom stereocenters. The second-order valence-corrected chi connectivity index (χ2v) is 6.65. The van der Waals surface area contributed by atoms with Crippen molar-refractivity contribution >= 4 is 5.91 Å². The molecule has 0 heterocycles. The van der Waals surface area contributed by atoms with Crippen LogP contribution in [0, 0.1) is 20.8 Å². The number of benzene rings is 2. The van der Waals surface area contributed by atoms with Crippen molar-refractivity contribution in [2.75, 3.05) is 0 Å². The fourth-order valence-electron chi connectivity index (χ4n) is 2.81. The van der Waals surface area contributed by atoms with Gasteiger partial charge in [-0.15, -0.1) is 0 Å². The molecule has 1 N–H and O–H groups in total. The maximum atomic E-state index is 12.7. The van der Waals surface area contributed by atoms with Crippen molar-refractivity contribution in [3.8, 4) is 5.75 Å². The van der Waals surface area contributed by atoms with E-state index in [4.69, 9.17) is 4.74 Å². The molecule has 3 heteroatoms. The van der Waals surface area contributed by atoms with Gasteiger partial charge in [0.25, 0.3) is 5.91 Å². The number of carbonyl (C=O) groups is 1. The second kappa shape index (κ2) is 7.52. The molecule has 0 fully saturated rings. The van der Waals surface area contributed by atoms with Crippen LogP contribution >= 0.6 is 0 Å². The van der Waals surface area contributed by atoms with Gasteiger partial charge >= 0.3 is 0 Å². The van der Waals surface area contributed by atoms with Crippen LogP contribution in [0.1, 0.15) is 59.4 Å². The number of rotatable bonds is 5. The van der Waals surface area contributed by atoms with Crippen molar-refractivity contribution in [1.82, 2.24) is 5.32 Å². The van der Waals surface area contributed by atoms with Crippen LogP contribution in [0.2, 0.25) is 0 Å². The van der Waals surface area contributed by atoms with Crippen molar-refractivity contribution in [3.63, 3.8) is 0 Å². The maximum absolute atomic E-state index is 12.7. The van der Waals surface area contributed by atoms with Gasteiger partial charge in [0.15, 0.2) is 0 Å². The van der Waals surface area contributed by atoms with E-state index in [2.05, 4.69) is 38.2 Å². The van der Waals surface area contributed by atoms with E-state index in [1.807, 2.05) is 39.0 Å². The molecule has 24 heavy (non-hydrogen) atoms. The van der Waals surface area contributed by atoms with E-state index in [0.717, 1.165) is 5.56 Å². The predicted molar refractivity (Wildman–Crippen MR) is 98.7 cm³/mol. The topological polar surface area (TPSA) is 38.3 Å². The summed E-state index contributed by atoms with van der Waals surface area (Å²) in [5.74, 6) is 0.505.